The molecule has 0 bridgehead atoms. The molecule has 5 heteroatoms. The van der Waals surface area contributed by atoms with Crippen LogP contribution < -0.4 is 9.47 Å². The Bertz CT molecular complexity index is 664. The van der Waals surface area contributed by atoms with Crippen LogP contribution in [0.1, 0.15) is 30.9 Å². The van der Waals surface area contributed by atoms with E-state index in [2.05, 4.69) is 0 Å². The number of hydrogen-bond donors (Lipinski definition) is 0. The Balaban J connectivity index is 1.97. The van der Waals surface area contributed by atoms with Crippen molar-refractivity contribution in [2.75, 3.05) is 13.3 Å². The molecule has 2 nitrogen and oxygen atoms in total. The molecule has 0 N–H and O–H groups in total. The highest BCUT2D eigenvalue weighted by atomic mass is 19.3. The highest BCUT2D eigenvalue weighted by Crippen LogP contribution is 2.32. The lowest BCUT2D eigenvalue weighted by Crippen LogP contribution is -2.21. The van der Waals surface area contributed by atoms with Gasteiger partial charge in [0.05, 0.1) is 18.8 Å². The topological polar surface area (TPSA) is 18.5 Å². The lowest BCUT2D eigenvalue weighted by atomic mass is 10.1. The fourth-order valence-corrected chi connectivity index (χ4v) is 2.18. The molecule has 0 saturated heterocycles. The summed E-state index contributed by atoms with van der Waals surface area (Å²) in [5.41, 5.74) is 0.628. The van der Waals surface area contributed by atoms with Gasteiger partial charge in [0.15, 0.2) is 0 Å². The van der Waals surface area contributed by atoms with Crippen molar-refractivity contribution < 1.29 is 22.6 Å². The maximum absolute atomic E-state index is 14.2. The molecule has 0 aliphatic rings. The van der Waals surface area contributed by atoms with Gasteiger partial charge in [-0.05, 0) is 61.7 Å². The van der Waals surface area contributed by atoms with Crippen molar-refractivity contribution in [3.05, 3.63) is 65.7 Å². The molecule has 0 aliphatic heterocycles. The summed E-state index contributed by atoms with van der Waals surface area (Å²) in [6.45, 7) is 1.87. The zero-order valence-corrected chi connectivity index (χ0v) is 14.1. The van der Waals surface area contributed by atoms with Gasteiger partial charge in [-0.1, -0.05) is 24.3 Å². The van der Waals surface area contributed by atoms with Gasteiger partial charge in [0.2, 0.25) is 0 Å². The van der Waals surface area contributed by atoms with Crippen molar-refractivity contribution >= 4 is 6.08 Å². The molecule has 0 aromatic heterocycles. The summed E-state index contributed by atoms with van der Waals surface area (Å²) < 4.78 is 50.7. The van der Waals surface area contributed by atoms with Crippen molar-refractivity contribution in [3.63, 3.8) is 0 Å². The highest BCUT2D eigenvalue weighted by molar-refractivity contribution is 5.49. The molecule has 2 rings (SSSR count). The SMILES string of the molecule is C/C=C/c1ccc(C(F)(F)Oc2ccc(OCCCCF)cc2)cc1. The second-order valence-corrected chi connectivity index (χ2v) is 5.46. The summed E-state index contributed by atoms with van der Waals surface area (Å²) in [4.78, 5) is 0. The molecule has 0 aliphatic carbocycles. The third-order valence-electron chi connectivity index (χ3n) is 3.47. The van der Waals surface area contributed by atoms with Crippen molar-refractivity contribution in [2.24, 2.45) is 0 Å². The molecule has 0 saturated carbocycles. The number of rotatable bonds is 9. The van der Waals surface area contributed by atoms with E-state index in [1.165, 1.54) is 24.3 Å². The Kier molecular flexibility index (Phi) is 6.92. The molecule has 0 radical (unpaired) electrons. The van der Waals surface area contributed by atoms with E-state index in [0.29, 0.717) is 25.2 Å². The normalized spacial score (nSPS) is 11.7. The van der Waals surface area contributed by atoms with E-state index in [0.717, 1.165) is 5.56 Å². The first-order valence-electron chi connectivity index (χ1n) is 8.14. The van der Waals surface area contributed by atoms with Crippen LogP contribution in [-0.4, -0.2) is 13.3 Å². The summed E-state index contributed by atoms with van der Waals surface area (Å²) in [5.74, 6) is 0.573. The van der Waals surface area contributed by atoms with Crippen LogP contribution in [0.3, 0.4) is 0 Å². The van der Waals surface area contributed by atoms with E-state index >= 15 is 0 Å². The van der Waals surface area contributed by atoms with Gasteiger partial charge in [-0.2, -0.15) is 8.78 Å². The summed E-state index contributed by atoms with van der Waals surface area (Å²) in [7, 11) is 0. The number of halogens is 3. The second kappa shape index (κ2) is 9.16. The van der Waals surface area contributed by atoms with Crippen LogP contribution >= 0.6 is 0 Å². The molecule has 0 atom stereocenters. The Morgan fingerprint density at radius 3 is 2.16 bits per heavy atom. The Morgan fingerprint density at radius 2 is 1.56 bits per heavy atom. The molecular formula is C20H21F3O2. The second-order valence-electron chi connectivity index (χ2n) is 5.46. The molecule has 0 heterocycles. The molecular weight excluding hydrogens is 329 g/mol. The van der Waals surface area contributed by atoms with Crippen LogP contribution in [0, 0.1) is 0 Å². The maximum Gasteiger partial charge on any atom is 0.426 e. The van der Waals surface area contributed by atoms with Crippen LogP contribution in [0.5, 0.6) is 11.5 Å². The van der Waals surface area contributed by atoms with Gasteiger partial charge < -0.3 is 9.47 Å². The maximum atomic E-state index is 14.2. The van der Waals surface area contributed by atoms with E-state index in [9.17, 15) is 13.2 Å². The predicted octanol–water partition coefficient (Wildman–Crippen LogP) is 5.98. The molecule has 0 amide bonds. The highest BCUT2D eigenvalue weighted by Gasteiger charge is 2.34. The third-order valence-corrected chi connectivity index (χ3v) is 3.47. The van der Waals surface area contributed by atoms with Gasteiger partial charge in [-0.15, -0.1) is 0 Å². The zero-order valence-electron chi connectivity index (χ0n) is 14.1. The molecule has 0 fully saturated rings. The first-order chi connectivity index (χ1) is 12.0. The van der Waals surface area contributed by atoms with Gasteiger partial charge in [0.1, 0.15) is 11.5 Å². The van der Waals surface area contributed by atoms with E-state index in [4.69, 9.17) is 9.47 Å². The number of hydrogen-bond acceptors (Lipinski definition) is 2. The Hall–Kier alpha value is -2.43. The van der Waals surface area contributed by atoms with Crippen LogP contribution in [0.25, 0.3) is 6.08 Å². The molecule has 0 unspecified atom stereocenters. The van der Waals surface area contributed by atoms with Crippen molar-refractivity contribution in [3.8, 4) is 11.5 Å². The molecule has 0 spiro atoms. The smallest absolute Gasteiger partial charge is 0.426 e. The third kappa shape index (κ3) is 5.85. The summed E-state index contributed by atoms with van der Waals surface area (Å²) >= 11 is 0. The largest absolute Gasteiger partial charge is 0.494 e. The number of ether oxygens (including phenoxy) is 2. The van der Waals surface area contributed by atoms with Crippen LogP contribution in [-0.2, 0) is 6.11 Å². The minimum atomic E-state index is -3.43. The number of alkyl halides is 3. The van der Waals surface area contributed by atoms with Crippen LogP contribution in [0.15, 0.2) is 54.6 Å². The van der Waals surface area contributed by atoms with Crippen molar-refractivity contribution in [1.29, 1.82) is 0 Å². The van der Waals surface area contributed by atoms with Gasteiger partial charge in [-0.25, -0.2) is 0 Å². The van der Waals surface area contributed by atoms with Crippen molar-refractivity contribution in [2.45, 2.75) is 25.9 Å². The van der Waals surface area contributed by atoms with Gasteiger partial charge in [0, 0.05) is 0 Å². The fraction of sp³-hybridized carbons (Fsp3) is 0.300. The average Bonchev–Trinajstić information content (AvgIpc) is 2.61. The molecule has 2 aromatic carbocycles. The van der Waals surface area contributed by atoms with E-state index in [-0.39, 0.29) is 18.0 Å². The van der Waals surface area contributed by atoms with Gasteiger partial charge in [0.25, 0.3) is 0 Å². The molecule has 2 aromatic rings. The minimum Gasteiger partial charge on any atom is -0.494 e. The van der Waals surface area contributed by atoms with Gasteiger partial charge in [-0.3, -0.25) is 4.39 Å². The minimum absolute atomic E-state index is 0.0404. The summed E-state index contributed by atoms with van der Waals surface area (Å²) in [5, 5.41) is 0. The molecule has 25 heavy (non-hydrogen) atoms. The Labute approximate surface area is 145 Å². The summed E-state index contributed by atoms with van der Waals surface area (Å²) in [6.07, 6.45) is 1.29. The predicted molar refractivity (Wildman–Crippen MR) is 92.8 cm³/mol. The monoisotopic (exact) mass is 350 g/mol. The van der Waals surface area contributed by atoms with Crippen LogP contribution in [0.2, 0.25) is 0 Å². The number of benzene rings is 2. The first-order valence-corrected chi connectivity index (χ1v) is 8.14. The lowest BCUT2D eigenvalue weighted by molar-refractivity contribution is -0.185. The quantitative estimate of drug-likeness (QED) is 0.518. The van der Waals surface area contributed by atoms with E-state index in [1.807, 2.05) is 19.1 Å². The fourth-order valence-electron chi connectivity index (χ4n) is 2.18. The summed E-state index contributed by atoms with van der Waals surface area (Å²) in [6, 6.07) is 11.9. The average molecular weight is 350 g/mol. The van der Waals surface area contributed by atoms with Gasteiger partial charge >= 0.3 is 6.11 Å². The zero-order chi connectivity index (χ0) is 18.1. The number of allylic oxidation sites excluding steroid dienone is 1. The van der Waals surface area contributed by atoms with Crippen molar-refractivity contribution in [1.82, 2.24) is 0 Å². The first kappa shape index (κ1) is 18.9. The van der Waals surface area contributed by atoms with Crippen LogP contribution in [0.4, 0.5) is 13.2 Å². The van der Waals surface area contributed by atoms with E-state index in [1.54, 1.807) is 24.3 Å². The lowest BCUT2D eigenvalue weighted by Gasteiger charge is -2.18. The number of unbranched alkanes of at least 4 members (excludes halogenated alkanes) is 1. The van der Waals surface area contributed by atoms with E-state index < -0.39 is 6.11 Å². The molecule has 134 valence electrons. The standard InChI is InChI=1S/C20H21F3O2/c1-2-5-16-6-8-17(9-7-16)20(22,23)25-19-12-10-18(11-13-19)24-15-4-3-14-21/h2,5-13H,3-4,14-15H2,1H3/b5-2+. The Morgan fingerprint density at radius 1 is 0.920 bits per heavy atom.